The Morgan fingerprint density at radius 2 is 1.64 bits per heavy atom. The van der Waals surface area contributed by atoms with Crippen LogP contribution in [0.15, 0.2) is 60.8 Å². The Hall–Kier alpha value is -3.85. The van der Waals surface area contributed by atoms with Crippen molar-refractivity contribution in [2.24, 2.45) is 23.7 Å². The van der Waals surface area contributed by atoms with E-state index in [2.05, 4.69) is 15.6 Å². The number of alkyl carbamates (subject to hydrolysis) is 1. The van der Waals surface area contributed by atoms with Crippen molar-refractivity contribution in [2.45, 2.75) is 63.2 Å². The average molecular weight is 574 g/mol. The molecule has 42 heavy (non-hydrogen) atoms. The van der Waals surface area contributed by atoms with Crippen LogP contribution in [-0.4, -0.2) is 52.9 Å². The van der Waals surface area contributed by atoms with Gasteiger partial charge in [0.15, 0.2) is 0 Å². The predicted molar refractivity (Wildman–Crippen MR) is 157 cm³/mol. The fraction of sp³-hybridized carbons (Fsp3) is 0.485. The summed E-state index contributed by atoms with van der Waals surface area (Å²) in [7, 11) is 0. The molecule has 4 fully saturated rings. The van der Waals surface area contributed by atoms with E-state index < -0.39 is 36.2 Å². The largest absolute Gasteiger partial charge is 0.480 e. The summed E-state index contributed by atoms with van der Waals surface area (Å²) in [5, 5.41) is 16.0. The number of fused-ring (bicyclic) bond motifs is 1. The van der Waals surface area contributed by atoms with Crippen LogP contribution < -0.4 is 10.6 Å². The molecular weight excluding hydrogens is 534 g/mol. The molecule has 0 unspecified atom stereocenters. The van der Waals surface area contributed by atoms with Gasteiger partial charge in [-0.3, -0.25) is 4.79 Å². The van der Waals surface area contributed by atoms with Gasteiger partial charge >= 0.3 is 12.1 Å². The number of ether oxygens (including phenoxy) is 2. The van der Waals surface area contributed by atoms with Gasteiger partial charge in [-0.2, -0.15) is 0 Å². The van der Waals surface area contributed by atoms with Crippen LogP contribution in [0.3, 0.4) is 0 Å². The quantitative estimate of drug-likeness (QED) is 0.256. The molecule has 3 aromatic rings. The number of carboxylic acid groups (broad SMARTS) is 1. The van der Waals surface area contributed by atoms with Crippen LogP contribution in [0.5, 0.6) is 0 Å². The SMILES string of the molecule is C[C@](Cc1c[nH]c2ccccc12)(NC(=O)OC1C2CC3CC(C2)CC1C3)C(=O)NC[C@H](OCC(=O)O)c1ccccc1. The molecule has 9 heteroatoms. The lowest BCUT2D eigenvalue weighted by Gasteiger charge is -2.53. The number of carboxylic acids is 1. The Morgan fingerprint density at radius 1 is 0.976 bits per heavy atom. The second kappa shape index (κ2) is 11.8. The van der Waals surface area contributed by atoms with E-state index in [9.17, 15) is 19.5 Å². The molecule has 0 saturated heterocycles. The van der Waals surface area contributed by atoms with Crippen molar-refractivity contribution in [1.82, 2.24) is 15.6 Å². The number of carbonyl (C=O) groups excluding carboxylic acids is 2. The molecule has 0 spiro atoms. The second-order valence-corrected chi connectivity index (χ2v) is 12.6. The number of rotatable bonds is 11. The molecule has 2 atom stereocenters. The number of para-hydroxylation sites is 1. The Labute approximate surface area is 245 Å². The number of H-pyrrole nitrogens is 1. The first kappa shape index (κ1) is 28.3. The minimum absolute atomic E-state index is 0.0336. The zero-order valence-corrected chi connectivity index (χ0v) is 23.9. The summed E-state index contributed by atoms with van der Waals surface area (Å²) in [5.41, 5.74) is 1.23. The molecule has 1 heterocycles. The lowest BCUT2D eigenvalue weighted by molar-refractivity contribution is -0.144. The molecule has 2 amide bonds. The second-order valence-electron chi connectivity index (χ2n) is 12.6. The number of aliphatic carboxylic acids is 1. The lowest BCUT2D eigenvalue weighted by Crippen LogP contribution is -2.60. The third-order valence-electron chi connectivity index (χ3n) is 9.51. The number of benzene rings is 2. The first-order valence-corrected chi connectivity index (χ1v) is 15.0. The standard InChI is InChI=1S/C33H39N3O6/c1-33(16-25-17-34-27-10-6-5-9-26(25)27,31(39)35-18-28(41-19-29(37)38)22-7-3-2-4-8-22)36-32(40)42-30-23-12-20-11-21(14-23)15-24(30)13-20/h2-10,17,20-21,23-24,28,30,34H,11-16,18-19H2,1H3,(H,35,39)(H,36,40)(H,37,38)/t20?,21?,23?,24?,28-,30?,33+/m0/s1. The van der Waals surface area contributed by atoms with Crippen LogP contribution in [0.4, 0.5) is 4.79 Å². The van der Waals surface area contributed by atoms with Gasteiger partial charge in [0.05, 0.1) is 0 Å². The summed E-state index contributed by atoms with van der Waals surface area (Å²) < 4.78 is 11.7. The summed E-state index contributed by atoms with van der Waals surface area (Å²) in [6, 6.07) is 17.0. The van der Waals surface area contributed by atoms with E-state index >= 15 is 0 Å². The van der Waals surface area contributed by atoms with Crippen LogP contribution in [0.25, 0.3) is 10.9 Å². The van der Waals surface area contributed by atoms with Crippen LogP contribution >= 0.6 is 0 Å². The zero-order chi connectivity index (χ0) is 29.3. The van der Waals surface area contributed by atoms with E-state index in [1.807, 2.05) is 60.8 Å². The van der Waals surface area contributed by atoms with Gasteiger partial charge in [-0.1, -0.05) is 48.5 Å². The third kappa shape index (κ3) is 6.02. The van der Waals surface area contributed by atoms with Gasteiger partial charge in [-0.25, -0.2) is 9.59 Å². The van der Waals surface area contributed by atoms with Gasteiger partial charge < -0.3 is 30.2 Å². The Kier molecular flexibility index (Phi) is 7.94. The van der Waals surface area contributed by atoms with Crippen LogP contribution in [0, 0.1) is 23.7 Å². The Morgan fingerprint density at radius 3 is 2.33 bits per heavy atom. The van der Waals surface area contributed by atoms with Crippen molar-refractivity contribution in [3.63, 3.8) is 0 Å². The van der Waals surface area contributed by atoms with E-state index in [-0.39, 0.29) is 19.1 Å². The summed E-state index contributed by atoms with van der Waals surface area (Å²) >= 11 is 0. The molecule has 7 rings (SSSR count). The summed E-state index contributed by atoms with van der Waals surface area (Å²) in [5.74, 6) is 0.816. The number of aromatic nitrogens is 1. The highest BCUT2D eigenvalue weighted by Crippen LogP contribution is 2.54. The topological polar surface area (TPSA) is 130 Å². The van der Waals surface area contributed by atoms with Crippen molar-refractivity contribution in [2.75, 3.05) is 13.2 Å². The molecule has 9 nitrogen and oxygen atoms in total. The molecule has 1 aromatic heterocycles. The molecule has 222 valence electrons. The van der Waals surface area contributed by atoms with Crippen molar-refractivity contribution < 1.29 is 29.0 Å². The minimum Gasteiger partial charge on any atom is -0.480 e. The molecule has 4 aliphatic carbocycles. The van der Waals surface area contributed by atoms with Gasteiger partial charge in [0.25, 0.3) is 0 Å². The number of hydrogen-bond acceptors (Lipinski definition) is 5. The van der Waals surface area contributed by atoms with E-state index in [0.29, 0.717) is 11.8 Å². The molecule has 0 radical (unpaired) electrons. The average Bonchev–Trinajstić information content (AvgIpc) is 3.37. The molecule has 4 bridgehead atoms. The minimum atomic E-state index is -1.35. The summed E-state index contributed by atoms with van der Waals surface area (Å²) in [4.78, 5) is 41.9. The monoisotopic (exact) mass is 573 g/mol. The molecule has 4 N–H and O–H groups in total. The Bertz CT molecular complexity index is 1410. The number of amides is 2. The smallest absolute Gasteiger partial charge is 0.408 e. The predicted octanol–water partition coefficient (Wildman–Crippen LogP) is 4.98. The number of hydrogen-bond donors (Lipinski definition) is 4. The van der Waals surface area contributed by atoms with E-state index in [1.165, 1.54) is 6.42 Å². The van der Waals surface area contributed by atoms with Gasteiger partial charge in [0.1, 0.15) is 24.4 Å². The molecule has 2 aromatic carbocycles. The molecule has 4 aliphatic rings. The van der Waals surface area contributed by atoms with Crippen molar-refractivity contribution in [3.8, 4) is 0 Å². The molecular formula is C33H39N3O6. The fourth-order valence-electron chi connectivity index (χ4n) is 7.78. The highest BCUT2D eigenvalue weighted by molar-refractivity contribution is 5.91. The summed E-state index contributed by atoms with van der Waals surface area (Å²) in [6.45, 7) is 1.24. The van der Waals surface area contributed by atoms with E-state index in [1.54, 1.807) is 6.92 Å². The number of carbonyl (C=O) groups is 3. The normalized spacial score (nSPS) is 26.4. The number of nitrogens with one attached hydrogen (secondary N) is 3. The summed E-state index contributed by atoms with van der Waals surface area (Å²) in [6.07, 6.45) is 6.53. The number of aromatic amines is 1. The van der Waals surface area contributed by atoms with Gasteiger partial charge in [0.2, 0.25) is 5.91 Å². The maximum Gasteiger partial charge on any atom is 0.408 e. The van der Waals surface area contributed by atoms with Gasteiger partial charge in [-0.05, 0) is 79.9 Å². The lowest BCUT2D eigenvalue weighted by atomic mass is 9.55. The molecule has 4 saturated carbocycles. The van der Waals surface area contributed by atoms with E-state index in [4.69, 9.17) is 9.47 Å². The first-order chi connectivity index (χ1) is 20.3. The third-order valence-corrected chi connectivity index (χ3v) is 9.51. The van der Waals surface area contributed by atoms with E-state index in [0.717, 1.165) is 59.5 Å². The fourth-order valence-corrected chi connectivity index (χ4v) is 7.78. The van der Waals surface area contributed by atoms with Crippen molar-refractivity contribution >= 4 is 28.9 Å². The maximum absolute atomic E-state index is 13.9. The zero-order valence-electron chi connectivity index (χ0n) is 23.9. The highest BCUT2D eigenvalue weighted by Gasteiger charge is 2.50. The molecule has 0 aliphatic heterocycles. The van der Waals surface area contributed by atoms with Crippen molar-refractivity contribution in [3.05, 3.63) is 71.9 Å². The van der Waals surface area contributed by atoms with Gasteiger partial charge in [-0.15, -0.1) is 0 Å². The van der Waals surface area contributed by atoms with Gasteiger partial charge in [0, 0.05) is 30.1 Å². The Balaban J connectivity index is 1.20. The maximum atomic E-state index is 13.9. The van der Waals surface area contributed by atoms with Crippen LogP contribution in [-0.2, 0) is 25.5 Å². The van der Waals surface area contributed by atoms with Crippen molar-refractivity contribution in [1.29, 1.82) is 0 Å². The van der Waals surface area contributed by atoms with Crippen LogP contribution in [0.2, 0.25) is 0 Å². The highest BCUT2D eigenvalue weighted by atomic mass is 16.6. The van der Waals surface area contributed by atoms with Crippen LogP contribution in [0.1, 0.15) is 56.3 Å². The first-order valence-electron chi connectivity index (χ1n) is 15.0.